The van der Waals surface area contributed by atoms with E-state index in [4.69, 9.17) is 9.84 Å². The van der Waals surface area contributed by atoms with Gasteiger partial charge in [0.05, 0.1) is 28.0 Å². The first kappa shape index (κ1) is 19.4. The molecule has 0 saturated heterocycles. The van der Waals surface area contributed by atoms with Gasteiger partial charge in [0, 0.05) is 22.9 Å². The molecule has 1 N–H and O–H groups in total. The fourth-order valence-electron chi connectivity index (χ4n) is 2.53. The number of hydrogen-bond donors (Lipinski definition) is 1. The molecule has 0 bridgehead atoms. The molecule has 0 amide bonds. The van der Waals surface area contributed by atoms with Gasteiger partial charge in [0.2, 0.25) is 0 Å². The van der Waals surface area contributed by atoms with Crippen LogP contribution in [0.15, 0.2) is 60.9 Å². The first-order valence-corrected chi connectivity index (χ1v) is 8.19. The molecule has 0 radical (unpaired) electrons. The van der Waals surface area contributed by atoms with E-state index in [1.165, 1.54) is 36.7 Å². The van der Waals surface area contributed by atoms with Crippen molar-refractivity contribution < 1.29 is 19.7 Å². The Morgan fingerprint density at radius 2 is 1.34 bits per heavy atom. The summed E-state index contributed by atoms with van der Waals surface area (Å²) in [5.41, 5.74) is 1.23. The predicted molar refractivity (Wildman–Crippen MR) is 105 cm³/mol. The van der Waals surface area contributed by atoms with Crippen LogP contribution in [0.3, 0.4) is 0 Å². The highest BCUT2D eigenvalue weighted by Gasteiger charge is 2.08. The Hall–Kier alpha value is -4.34. The van der Waals surface area contributed by atoms with Gasteiger partial charge in [-0.1, -0.05) is 0 Å². The summed E-state index contributed by atoms with van der Waals surface area (Å²) in [6, 6.07) is 12.6. The second-order valence-electron chi connectivity index (χ2n) is 5.84. The zero-order valence-electron chi connectivity index (χ0n) is 15.1. The van der Waals surface area contributed by atoms with Crippen LogP contribution in [0.1, 0.15) is 0 Å². The highest BCUT2D eigenvalue weighted by atomic mass is 16.6. The zero-order valence-corrected chi connectivity index (χ0v) is 15.1. The van der Waals surface area contributed by atoms with Crippen molar-refractivity contribution in [3.05, 3.63) is 81.2 Å². The molecular weight excluding hydrogens is 380 g/mol. The average molecular weight is 394 g/mol. The van der Waals surface area contributed by atoms with Crippen LogP contribution in [-0.4, -0.2) is 32.0 Å². The Balaban J connectivity index is 0.000000166. The molecular formula is C19H14N4O6. The van der Waals surface area contributed by atoms with Crippen molar-refractivity contribution in [3.8, 4) is 11.5 Å². The zero-order chi connectivity index (χ0) is 21.0. The Morgan fingerprint density at radius 3 is 1.86 bits per heavy atom. The molecule has 10 heteroatoms. The summed E-state index contributed by atoms with van der Waals surface area (Å²) in [6.07, 6.45) is 2.44. The van der Waals surface area contributed by atoms with E-state index in [2.05, 4.69) is 9.97 Å². The van der Waals surface area contributed by atoms with E-state index in [-0.39, 0.29) is 17.1 Å². The molecule has 0 unspecified atom stereocenters. The lowest BCUT2D eigenvalue weighted by Crippen LogP contribution is -1.90. The van der Waals surface area contributed by atoms with Crippen LogP contribution >= 0.6 is 0 Å². The van der Waals surface area contributed by atoms with Gasteiger partial charge in [0.1, 0.15) is 23.9 Å². The Kier molecular flexibility index (Phi) is 5.44. The summed E-state index contributed by atoms with van der Waals surface area (Å²) in [7, 11) is 1.55. The number of aromatic nitrogens is 2. The van der Waals surface area contributed by atoms with Gasteiger partial charge in [0.25, 0.3) is 11.4 Å². The lowest BCUT2D eigenvalue weighted by atomic mass is 10.2. The maximum absolute atomic E-state index is 10.5. The number of phenols is 1. The van der Waals surface area contributed by atoms with E-state index < -0.39 is 9.85 Å². The molecule has 146 valence electrons. The number of ether oxygens (including phenoxy) is 1. The van der Waals surface area contributed by atoms with E-state index in [0.29, 0.717) is 27.6 Å². The molecule has 29 heavy (non-hydrogen) atoms. The van der Waals surface area contributed by atoms with E-state index in [9.17, 15) is 20.2 Å². The molecule has 2 aromatic heterocycles. The smallest absolute Gasteiger partial charge is 0.288 e. The summed E-state index contributed by atoms with van der Waals surface area (Å²) in [6.45, 7) is 0. The summed E-state index contributed by atoms with van der Waals surface area (Å²) in [5, 5.41) is 31.4. The number of methoxy groups -OCH3 is 1. The number of fused-ring (bicyclic) bond motifs is 2. The van der Waals surface area contributed by atoms with Crippen LogP contribution in [0.25, 0.3) is 21.8 Å². The van der Waals surface area contributed by atoms with Crippen LogP contribution in [0.2, 0.25) is 0 Å². The highest BCUT2D eigenvalue weighted by molar-refractivity contribution is 5.82. The van der Waals surface area contributed by atoms with Crippen LogP contribution in [0.5, 0.6) is 11.5 Å². The minimum atomic E-state index is -0.517. The van der Waals surface area contributed by atoms with Crippen molar-refractivity contribution in [2.75, 3.05) is 7.11 Å². The predicted octanol–water partition coefficient (Wildman–Crippen LogP) is 4.00. The molecule has 10 nitrogen and oxygen atoms in total. The maximum atomic E-state index is 10.5. The molecule has 0 atom stereocenters. The molecule has 4 rings (SSSR count). The van der Waals surface area contributed by atoms with Crippen molar-refractivity contribution >= 4 is 33.2 Å². The van der Waals surface area contributed by atoms with Crippen LogP contribution in [-0.2, 0) is 0 Å². The summed E-state index contributed by atoms with van der Waals surface area (Å²) in [4.78, 5) is 27.9. The van der Waals surface area contributed by atoms with Gasteiger partial charge in [0.15, 0.2) is 0 Å². The molecule has 2 aromatic carbocycles. The molecule has 0 fully saturated rings. The van der Waals surface area contributed by atoms with Gasteiger partial charge in [-0.2, -0.15) is 0 Å². The topological polar surface area (TPSA) is 142 Å². The summed E-state index contributed by atoms with van der Waals surface area (Å²) >= 11 is 0. The van der Waals surface area contributed by atoms with E-state index in [0.717, 1.165) is 0 Å². The van der Waals surface area contributed by atoms with Gasteiger partial charge in [-0.15, -0.1) is 0 Å². The normalized spacial score (nSPS) is 10.2. The van der Waals surface area contributed by atoms with Crippen molar-refractivity contribution in [3.63, 3.8) is 0 Å². The number of benzene rings is 2. The maximum Gasteiger partial charge on any atom is 0.288 e. The minimum Gasteiger partial charge on any atom is -0.508 e. The number of nitrogens with zero attached hydrogens (tertiary/aromatic N) is 4. The van der Waals surface area contributed by atoms with Crippen molar-refractivity contribution in [1.82, 2.24) is 9.97 Å². The van der Waals surface area contributed by atoms with Gasteiger partial charge in [-0.3, -0.25) is 20.2 Å². The summed E-state index contributed by atoms with van der Waals surface area (Å²) in [5.74, 6) is 0.726. The van der Waals surface area contributed by atoms with Crippen LogP contribution in [0, 0.1) is 20.2 Å². The minimum absolute atomic E-state index is 0.0178. The SMILES string of the molecule is COc1ccc2ncc([N+](=O)[O-])cc2c1.O=[N+]([O-])c1cnc2ccc(O)cc2c1. The monoisotopic (exact) mass is 394 g/mol. The Bertz CT molecular complexity index is 1230. The van der Waals surface area contributed by atoms with Gasteiger partial charge >= 0.3 is 0 Å². The molecule has 2 heterocycles. The first-order valence-electron chi connectivity index (χ1n) is 8.19. The van der Waals surface area contributed by atoms with Crippen molar-refractivity contribution in [2.45, 2.75) is 0 Å². The number of hydrogen-bond acceptors (Lipinski definition) is 8. The third-order valence-corrected chi connectivity index (χ3v) is 3.95. The molecule has 0 spiro atoms. The number of phenolic OH excluding ortho intramolecular Hbond substituents is 1. The molecule has 0 aliphatic carbocycles. The van der Waals surface area contributed by atoms with E-state index in [1.807, 2.05) is 0 Å². The standard InChI is InChI=1S/C10H8N2O3.C9H6N2O3/c1-15-9-2-3-10-7(5-9)4-8(6-11-10)12(13)14;12-8-1-2-9-6(4-8)3-7(5-10-9)11(13)14/h2-6H,1H3;1-5,12H. The second kappa shape index (κ2) is 8.13. The van der Waals surface area contributed by atoms with Gasteiger partial charge in [-0.25, -0.2) is 9.97 Å². The van der Waals surface area contributed by atoms with Crippen molar-refractivity contribution in [2.24, 2.45) is 0 Å². The van der Waals surface area contributed by atoms with E-state index in [1.54, 1.807) is 31.4 Å². The molecule has 0 aliphatic rings. The average Bonchev–Trinajstić information content (AvgIpc) is 2.72. The van der Waals surface area contributed by atoms with Gasteiger partial charge in [-0.05, 0) is 36.4 Å². The lowest BCUT2D eigenvalue weighted by Gasteiger charge is -2.01. The highest BCUT2D eigenvalue weighted by Crippen LogP contribution is 2.23. The van der Waals surface area contributed by atoms with Gasteiger partial charge < -0.3 is 9.84 Å². The third-order valence-electron chi connectivity index (χ3n) is 3.95. The number of rotatable bonds is 3. The molecule has 0 aliphatic heterocycles. The number of nitro groups is 2. The fourth-order valence-corrected chi connectivity index (χ4v) is 2.53. The largest absolute Gasteiger partial charge is 0.508 e. The van der Waals surface area contributed by atoms with Crippen LogP contribution in [0.4, 0.5) is 11.4 Å². The Morgan fingerprint density at radius 1 is 0.828 bits per heavy atom. The van der Waals surface area contributed by atoms with Crippen LogP contribution < -0.4 is 4.74 Å². The molecule has 0 saturated carbocycles. The molecule has 4 aromatic rings. The third kappa shape index (κ3) is 4.50. The quantitative estimate of drug-likeness (QED) is 0.406. The first-order chi connectivity index (χ1) is 13.9. The van der Waals surface area contributed by atoms with Crippen molar-refractivity contribution in [1.29, 1.82) is 0 Å². The van der Waals surface area contributed by atoms with E-state index >= 15 is 0 Å². The number of aromatic hydroxyl groups is 1. The number of pyridine rings is 2. The fraction of sp³-hybridized carbons (Fsp3) is 0.0526. The second-order valence-corrected chi connectivity index (χ2v) is 5.84. The lowest BCUT2D eigenvalue weighted by molar-refractivity contribution is -0.385. The summed E-state index contributed by atoms with van der Waals surface area (Å²) < 4.78 is 5.02. The Labute approximate surface area is 163 Å².